The largest absolute Gasteiger partial charge is 0.477 e. The molecule has 0 aliphatic carbocycles. The zero-order valence-electron chi connectivity index (χ0n) is 9.88. The third kappa shape index (κ3) is 5.75. The van der Waals surface area contributed by atoms with Gasteiger partial charge in [-0.15, -0.1) is 0 Å². The summed E-state index contributed by atoms with van der Waals surface area (Å²) in [6, 6.07) is 7.57. The summed E-state index contributed by atoms with van der Waals surface area (Å²) in [5.41, 5.74) is 0. The van der Waals surface area contributed by atoms with Gasteiger partial charge in [0.05, 0.1) is 0 Å². The van der Waals surface area contributed by atoms with Crippen molar-refractivity contribution < 1.29 is 9.47 Å². The molecule has 1 aromatic rings. The van der Waals surface area contributed by atoms with Gasteiger partial charge < -0.3 is 9.47 Å². The van der Waals surface area contributed by atoms with Crippen LogP contribution in [0.15, 0.2) is 24.3 Å². The van der Waals surface area contributed by atoms with Gasteiger partial charge in [-0.05, 0) is 71.7 Å². The maximum Gasteiger partial charge on any atom is 0.157 e. The zero-order chi connectivity index (χ0) is 12.4. The number of ether oxygens (including phenoxy) is 2. The third-order valence-corrected chi connectivity index (χ3v) is 1.85. The van der Waals surface area contributed by atoms with Gasteiger partial charge in [-0.2, -0.15) is 0 Å². The average molecular weight is 352 g/mol. The first kappa shape index (κ1) is 13.8. The van der Waals surface area contributed by atoms with Crippen LogP contribution in [0.25, 0.3) is 0 Å². The number of rotatable bonds is 4. The van der Waals surface area contributed by atoms with E-state index in [1.165, 1.54) is 0 Å². The lowest BCUT2D eigenvalue weighted by Gasteiger charge is -2.22. The van der Waals surface area contributed by atoms with Gasteiger partial charge in [0.25, 0.3) is 0 Å². The highest BCUT2D eigenvalue weighted by Gasteiger charge is 2.17. The van der Waals surface area contributed by atoms with Crippen LogP contribution in [0.3, 0.4) is 0 Å². The predicted molar refractivity (Wildman–Crippen MR) is 73.7 cm³/mol. The van der Waals surface area contributed by atoms with E-state index in [0.717, 1.165) is 11.5 Å². The van der Waals surface area contributed by atoms with E-state index in [2.05, 4.69) is 31.9 Å². The standard InChI is InChI=1S/C12H16Br2O2/c1-11(2,13)15-9-6-5-7-10(8-9)16-12(3,4)14/h5-8H,1-4H3. The Kier molecular flexibility index (Phi) is 4.29. The Hall–Kier alpha value is -0.220. The van der Waals surface area contributed by atoms with Gasteiger partial charge in [0.15, 0.2) is 9.02 Å². The normalized spacial score (nSPS) is 12.4. The second kappa shape index (κ2) is 4.96. The topological polar surface area (TPSA) is 18.5 Å². The summed E-state index contributed by atoms with van der Waals surface area (Å²) in [7, 11) is 0. The molecule has 1 aromatic carbocycles. The molecule has 0 amide bonds. The van der Waals surface area contributed by atoms with Gasteiger partial charge >= 0.3 is 0 Å². The summed E-state index contributed by atoms with van der Waals surface area (Å²) >= 11 is 6.86. The van der Waals surface area contributed by atoms with Crippen LogP contribution in [0.5, 0.6) is 11.5 Å². The van der Waals surface area contributed by atoms with Crippen LogP contribution in [0, 0.1) is 0 Å². The maximum atomic E-state index is 5.68. The molecule has 0 N–H and O–H groups in total. The van der Waals surface area contributed by atoms with E-state index in [0.29, 0.717) is 0 Å². The molecule has 1 rings (SSSR count). The fourth-order valence-electron chi connectivity index (χ4n) is 1.16. The SMILES string of the molecule is CC(C)(Br)Oc1cccc(OC(C)(C)Br)c1. The highest BCUT2D eigenvalue weighted by Crippen LogP contribution is 2.29. The smallest absolute Gasteiger partial charge is 0.157 e. The Balaban J connectivity index is 2.79. The molecular weight excluding hydrogens is 336 g/mol. The molecule has 90 valence electrons. The summed E-state index contributed by atoms with van der Waals surface area (Å²) in [5.74, 6) is 1.55. The number of halogens is 2. The fraction of sp³-hybridized carbons (Fsp3) is 0.500. The van der Waals surface area contributed by atoms with E-state index >= 15 is 0 Å². The lowest BCUT2D eigenvalue weighted by atomic mass is 10.3. The van der Waals surface area contributed by atoms with Crippen molar-refractivity contribution in [1.82, 2.24) is 0 Å². The lowest BCUT2D eigenvalue weighted by Crippen LogP contribution is -2.20. The molecule has 0 fully saturated rings. The highest BCUT2D eigenvalue weighted by atomic mass is 79.9. The molecule has 2 nitrogen and oxygen atoms in total. The first-order chi connectivity index (χ1) is 7.16. The van der Waals surface area contributed by atoms with Gasteiger partial charge in [-0.1, -0.05) is 6.07 Å². The van der Waals surface area contributed by atoms with Crippen LogP contribution in [-0.2, 0) is 0 Å². The molecule has 0 spiro atoms. The Morgan fingerprint density at radius 3 is 1.56 bits per heavy atom. The van der Waals surface area contributed by atoms with Gasteiger partial charge in [-0.3, -0.25) is 0 Å². The molecule has 4 heteroatoms. The van der Waals surface area contributed by atoms with Gasteiger partial charge in [0.2, 0.25) is 0 Å². The monoisotopic (exact) mass is 350 g/mol. The molecule has 0 atom stereocenters. The summed E-state index contributed by atoms with van der Waals surface area (Å²) < 4.78 is 10.6. The summed E-state index contributed by atoms with van der Waals surface area (Å²) in [6.45, 7) is 7.76. The van der Waals surface area contributed by atoms with E-state index in [1.807, 2.05) is 52.0 Å². The van der Waals surface area contributed by atoms with Crippen molar-refractivity contribution in [2.45, 2.75) is 36.7 Å². The molecule has 0 unspecified atom stereocenters. The fourth-order valence-corrected chi connectivity index (χ4v) is 1.54. The second-order valence-corrected chi connectivity index (χ2v) is 8.23. The number of hydrogen-bond acceptors (Lipinski definition) is 2. The highest BCUT2D eigenvalue weighted by molar-refractivity contribution is 9.10. The van der Waals surface area contributed by atoms with Gasteiger partial charge in [-0.25, -0.2) is 0 Å². The quantitative estimate of drug-likeness (QED) is 0.731. The number of hydrogen-bond donors (Lipinski definition) is 0. The van der Waals surface area contributed by atoms with Crippen LogP contribution in [0.1, 0.15) is 27.7 Å². The minimum Gasteiger partial charge on any atom is -0.477 e. The Morgan fingerprint density at radius 2 is 1.25 bits per heavy atom. The molecule has 16 heavy (non-hydrogen) atoms. The number of benzene rings is 1. The van der Waals surface area contributed by atoms with E-state index in [1.54, 1.807) is 0 Å². The van der Waals surface area contributed by atoms with E-state index in [-0.39, 0.29) is 9.02 Å². The third-order valence-electron chi connectivity index (χ3n) is 1.53. The van der Waals surface area contributed by atoms with E-state index in [9.17, 15) is 0 Å². The Labute approximate surface area is 114 Å². The molecule has 0 bridgehead atoms. The van der Waals surface area contributed by atoms with Crippen LogP contribution in [-0.4, -0.2) is 9.02 Å². The van der Waals surface area contributed by atoms with Crippen molar-refractivity contribution in [3.63, 3.8) is 0 Å². The van der Waals surface area contributed by atoms with Gasteiger partial charge in [0, 0.05) is 6.07 Å². The molecule has 0 saturated heterocycles. The summed E-state index contributed by atoms with van der Waals surface area (Å²) in [4.78, 5) is 0. The van der Waals surface area contributed by atoms with Crippen LogP contribution < -0.4 is 9.47 Å². The van der Waals surface area contributed by atoms with Crippen molar-refractivity contribution in [2.24, 2.45) is 0 Å². The van der Waals surface area contributed by atoms with E-state index in [4.69, 9.17) is 9.47 Å². The minimum atomic E-state index is -0.379. The molecular formula is C12H16Br2O2. The van der Waals surface area contributed by atoms with Crippen LogP contribution in [0.2, 0.25) is 0 Å². The first-order valence-electron chi connectivity index (χ1n) is 5.02. The zero-order valence-corrected chi connectivity index (χ0v) is 13.1. The van der Waals surface area contributed by atoms with Crippen molar-refractivity contribution >= 4 is 31.9 Å². The molecule has 0 heterocycles. The summed E-state index contributed by atoms with van der Waals surface area (Å²) in [5, 5.41) is 0. The van der Waals surface area contributed by atoms with Crippen molar-refractivity contribution in [3.05, 3.63) is 24.3 Å². The van der Waals surface area contributed by atoms with Crippen LogP contribution in [0.4, 0.5) is 0 Å². The Bertz CT molecular complexity index is 320. The molecule has 0 saturated carbocycles. The van der Waals surface area contributed by atoms with Gasteiger partial charge in [0.1, 0.15) is 11.5 Å². The second-order valence-electron chi connectivity index (χ2n) is 4.41. The average Bonchev–Trinajstić information content (AvgIpc) is 1.96. The maximum absolute atomic E-state index is 5.68. The molecule has 0 aliphatic rings. The molecule has 0 aromatic heterocycles. The Morgan fingerprint density at radius 1 is 0.875 bits per heavy atom. The summed E-state index contributed by atoms with van der Waals surface area (Å²) in [6.07, 6.45) is 0. The first-order valence-corrected chi connectivity index (χ1v) is 6.60. The van der Waals surface area contributed by atoms with Crippen molar-refractivity contribution in [2.75, 3.05) is 0 Å². The number of alkyl halides is 2. The van der Waals surface area contributed by atoms with Crippen molar-refractivity contribution in [1.29, 1.82) is 0 Å². The minimum absolute atomic E-state index is 0.379. The molecule has 0 aliphatic heterocycles. The van der Waals surface area contributed by atoms with Crippen molar-refractivity contribution in [3.8, 4) is 11.5 Å². The van der Waals surface area contributed by atoms with Crippen LogP contribution >= 0.6 is 31.9 Å². The predicted octanol–water partition coefficient (Wildman–Crippen LogP) is 4.71. The van der Waals surface area contributed by atoms with E-state index < -0.39 is 0 Å². The lowest BCUT2D eigenvalue weighted by molar-refractivity contribution is 0.202. The molecule has 0 radical (unpaired) electrons.